The van der Waals surface area contributed by atoms with E-state index in [1.54, 1.807) is 6.92 Å². The summed E-state index contributed by atoms with van der Waals surface area (Å²) in [6.07, 6.45) is 1.82. The van der Waals surface area contributed by atoms with E-state index in [1.807, 2.05) is 24.3 Å². The molecule has 0 fully saturated rings. The molecule has 0 aromatic heterocycles. The van der Waals surface area contributed by atoms with Crippen LogP contribution in [0, 0.1) is 0 Å². The molecule has 3 rings (SSSR count). The van der Waals surface area contributed by atoms with Crippen molar-refractivity contribution >= 4 is 27.7 Å². The van der Waals surface area contributed by atoms with Crippen LogP contribution in [-0.4, -0.2) is 18.4 Å². The normalized spacial score (nSPS) is 20.6. The lowest BCUT2D eigenvalue weighted by Gasteiger charge is -2.32. The fourth-order valence-corrected chi connectivity index (χ4v) is 3.60. The second-order valence-corrected chi connectivity index (χ2v) is 6.62. The summed E-state index contributed by atoms with van der Waals surface area (Å²) in [6, 6.07) is 7.51. The van der Waals surface area contributed by atoms with E-state index in [0.29, 0.717) is 24.2 Å². The van der Waals surface area contributed by atoms with Crippen LogP contribution in [0.5, 0.6) is 0 Å². The molecule has 126 valence electrons. The Balaban J connectivity index is 2.17. The summed E-state index contributed by atoms with van der Waals surface area (Å²) < 4.78 is 11.6. The lowest BCUT2D eigenvalue weighted by Crippen LogP contribution is -2.31. The molecule has 2 N–H and O–H groups in total. The molecule has 5 nitrogen and oxygen atoms in total. The van der Waals surface area contributed by atoms with Gasteiger partial charge in [0.25, 0.3) is 0 Å². The minimum Gasteiger partial charge on any atom is -0.462 e. The highest BCUT2D eigenvalue weighted by atomic mass is 79.9. The molecule has 0 saturated heterocycles. The average molecular weight is 392 g/mol. The summed E-state index contributed by atoms with van der Waals surface area (Å²) in [5, 5.41) is 0. The molecule has 0 spiro atoms. The second kappa shape index (κ2) is 6.81. The van der Waals surface area contributed by atoms with Gasteiger partial charge in [0.1, 0.15) is 11.3 Å². The van der Waals surface area contributed by atoms with Crippen molar-refractivity contribution < 1.29 is 19.1 Å². The minimum absolute atomic E-state index is 0.00414. The number of halogens is 1. The van der Waals surface area contributed by atoms with Gasteiger partial charge in [0.05, 0.1) is 12.5 Å². The van der Waals surface area contributed by atoms with Crippen LogP contribution in [0.1, 0.15) is 37.7 Å². The van der Waals surface area contributed by atoms with Crippen LogP contribution in [0.15, 0.2) is 51.5 Å². The van der Waals surface area contributed by atoms with E-state index in [2.05, 4.69) is 15.9 Å². The number of ketones is 1. The van der Waals surface area contributed by atoms with Gasteiger partial charge in [0, 0.05) is 22.9 Å². The third-order valence-electron chi connectivity index (χ3n) is 4.16. The van der Waals surface area contributed by atoms with Crippen LogP contribution in [0.4, 0.5) is 0 Å². The molecule has 1 aromatic rings. The lowest BCUT2D eigenvalue weighted by molar-refractivity contribution is -0.139. The Labute approximate surface area is 148 Å². The number of carbonyl (C=O) groups excluding carboxylic acids is 2. The van der Waals surface area contributed by atoms with Crippen LogP contribution in [-0.2, 0) is 19.1 Å². The molecule has 1 aromatic carbocycles. The van der Waals surface area contributed by atoms with Crippen LogP contribution < -0.4 is 5.73 Å². The number of esters is 1. The first-order chi connectivity index (χ1) is 11.5. The Hall–Kier alpha value is -2.08. The maximum Gasteiger partial charge on any atom is 0.340 e. The molecule has 1 aliphatic heterocycles. The van der Waals surface area contributed by atoms with Crippen molar-refractivity contribution in [3.05, 3.63) is 57.1 Å². The molecular weight excluding hydrogens is 374 g/mol. The van der Waals surface area contributed by atoms with Gasteiger partial charge in [-0.1, -0.05) is 28.1 Å². The Morgan fingerprint density at radius 1 is 1.42 bits per heavy atom. The summed E-state index contributed by atoms with van der Waals surface area (Å²) in [5.74, 6) is -0.521. The largest absolute Gasteiger partial charge is 0.462 e. The van der Waals surface area contributed by atoms with Gasteiger partial charge in [-0.25, -0.2) is 4.79 Å². The summed E-state index contributed by atoms with van der Waals surface area (Å²) in [6.45, 7) is 1.95. The number of rotatable bonds is 3. The quantitative estimate of drug-likeness (QED) is 0.799. The molecule has 2 aliphatic rings. The van der Waals surface area contributed by atoms with Gasteiger partial charge in [-0.3, -0.25) is 4.79 Å². The third-order valence-corrected chi connectivity index (χ3v) is 4.66. The van der Waals surface area contributed by atoms with Crippen molar-refractivity contribution in [1.29, 1.82) is 0 Å². The number of ether oxygens (including phenoxy) is 2. The Morgan fingerprint density at radius 2 is 2.21 bits per heavy atom. The standard InChI is InChI=1S/C18H18BrNO4/c1-2-23-18(22)16-14(10-5-3-6-11(19)9-10)15-12(21)7-4-8-13(15)24-17(16)20/h3,5-6,9,14H,2,4,7-8,20H2,1H3. The molecule has 1 atom stereocenters. The van der Waals surface area contributed by atoms with Gasteiger partial charge in [0.2, 0.25) is 5.88 Å². The minimum atomic E-state index is -0.557. The van der Waals surface area contributed by atoms with Crippen LogP contribution in [0.3, 0.4) is 0 Å². The van der Waals surface area contributed by atoms with Crippen molar-refractivity contribution in [1.82, 2.24) is 0 Å². The zero-order chi connectivity index (χ0) is 17.3. The SMILES string of the molecule is CCOC(=O)C1=C(N)OC2=C(C(=O)CCC2)C1c1cccc(Br)c1. The molecule has 0 radical (unpaired) electrons. The molecule has 1 unspecified atom stereocenters. The van der Waals surface area contributed by atoms with E-state index in [0.717, 1.165) is 16.5 Å². The lowest BCUT2D eigenvalue weighted by atomic mass is 9.77. The van der Waals surface area contributed by atoms with E-state index in [4.69, 9.17) is 15.2 Å². The molecular formula is C18H18BrNO4. The molecule has 6 heteroatoms. The third kappa shape index (κ3) is 2.98. The Bertz CT molecular complexity index is 766. The zero-order valence-corrected chi connectivity index (χ0v) is 14.9. The average Bonchev–Trinajstić information content (AvgIpc) is 2.54. The van der Waals surface area contributed by atoms with Crippen molar-refractivity contribution in [2.75, 3.05) is 6.61 Å². The van der Waals surface area contributed by atoms with Crippen molar-refractivity contribution in [3.63, 3.8) is 0 Å². The number of hydrogen-bond donors (Lipinski definition) is 1. The summed E-state index contributed by atoms with van der Waals surface area (Å²) >= 11 is 3.44. The number of allylic oxidation sites excluding steroid dienone is 2. The maximum atomic E-state index is 12.6. The monoisotopic (exact) mass is 391 g/mol. The van der Waals surface area contributed by atoms with Gasteiger partial charge < -0.3 is 15.2 Å². The number of hydrogen-bond acceptors (Lipinski definition) is 5. The van der Waals surface area contributed by atoms with Gasteiger partial charge >= 0.3 is 5.97 Å². The highest BCUT2D eigenvalue weighted by molar-refractivity contribution is 9.10. The van der Waals surface area contributed by atoms with Crippen LogP contribution in [0.2, 0.25) is 0 Å². The number of Topliss-reactive ketones (excluding diaryl/α,β-unsaturated/α-hetero) is 1. The van der Waals surface area contributed by atoms with Crippen molar-refractivity contribution in [2.24, 2.45) is 5.73 Å². The summed E-state index contributed by atoms with van der Waals surface area (Å²) in [4.78, 5) is 25.0. The molecule has 0 amide bonds. The Morgan fingerprint density at radius 3 is 2.92 bits per heavy atom. The van der Waals surface area contributed by atoms with E-state index in [-0.39, 0.29) is 23.8 Å². The number of nitrogens with two attached hydrogens (primary N) is 1. The topological polar surface area (TPSA) is 78.6 Å². The number of benzene rings is 1. The molecule has 0 bridgehead atoms. The fraction of sp³-hybridized carbons (Fsp3) is 0.333. The first-order valence-electron chi connectivity index (χ1n) is 7.89. The van der Waals surface area contributed by atoms with Gasteiger partial charge in [-0.15, -0.1) is 0 Å². The van der Waals surface area contributed by atoms with Gasteiger partial charge in [-0.05, 0) is 31.0 Å². The fourth-order valence-electron chi connectivity index (χ4n) is 3.18. The molecule has 24 heavy (non-hydrogen) atoms. The highest BCUT2D eigenvalue weighted by Crippen LogP contribution is 2.44. The van der Waals surface area contributed by atoms with E-state index >= 15 is 0 Å². The van der Waals surface area contributed by atoms with Crippen molar-refractivity contribution in [2.45, 2.75) is 32.1 Å². The molecule has 1 heterocycles. The maximum absolute atomic E-state index is 12.6. The zero-order valence-electron chi connectivity index (χ0n) is 13.3. The van der Waals surface area contributed by atoms with Crippen LogP contribution in [0.25, 0.3) is 0 Å². The molecule has 1 aliphatic carbocycles. The Kier molecular flexibility index (Phi) is 4.76. The van der Waals surface area contributed by atoms with Crippen LogP contribution >= 0.6 is 15.9 Å². The van der Waals surface area contributed by atoms with Crippen molar-refractivity contribution in [3.8, 4) is 0 Å². The predicted molar refractivity (Wildman–Crippen MR) is 91.7 cm³/mol. The second-order valence-electron chi connectivity index (χ2n) is 5.70. The van der Waals surface area contributed by atoms with E-state index < -0.39 is 11.9 Å². The molecule has 0 saturated carbocycles. The smallest absolute Gasteiger partial charge is 0.340 e. The van der Waals surface area contributed by atoms with E-state index in [9.17, 15) is 9.59 Å². The van der Waals surface area contributed by atoms with Gasteiger partial charge in [0.15, 0.2) is 5.78 Å². The highest BCUT2D eigenvalue weighted by Gasteiger charge is 2.41. The van der Waals surface area contributed by atoms with Gasteiger partial charge in [-0.2, -0.15) is 0 Å². The first kappa shape index (κ1) is 16.8. The number of carbonyl (C=O) groups is 2. The summed E-state index contributed by atoms with van der Waals surface area (Å²) in [5.41, 5.74) is 7.56. The summed E-state index contributed by atoms with van der Waals surface area (Å²) in [7, 11) is 0. The first-order valence-corrected chi connectivity index (χ1v) is 8.68. The predicted octanol–water partition coefficient (Wildman–Crippen LogP) is 3.30. The van der Waals surface area contributed by atoms with E-state index in [1.165, 1.54) is 0 Å².